The number of aryl methyl sites for hydroxylation is 2. The Morgan fingerprint density at radius 2 is 1.60 bits per heavy atom. The molecule has 3 aliphatic heterocycles. The minimum absolute atomic E-state index is 0.207. The molecule has 3 fully saturated rings. The second-order valence-corrected chi connectivity index (χ2v) is 14.2. The van der Waals surface area contributed by atoms with E-state index in [4.69, 9.17) is 9.47 Å². The molecule has 0 aliphatic carbocycles. The number of ether oxygens (including phenoxy) is 2. The normalized spacial score (nSPS) is 25.1. The molecule has 0 radical (unpaired) electrons. The second kappa shape index (κ2) is 15.1. The third-order valence-corrected chi connectivity index (χ3v) is 11.4. The predicted molar refractivity (Wildman–Crippen MR) is 203 cm³/mol. The highest BCUT2D eigenvalue weighted by molar-refractivity contribution is 6.07. The molecule has 3 aliphatic rings. The number of anilines is 2. The van der Waals surface area contributed by atoms with Crippen LogP contribution in [-0.4, -0.2) is 77.3 Å². The lowest BCUT2D eigenvalue weighted by molar-refractivity contribution is -0.149. The number of aliphatic hydroxyl groups is 1. The van der Waals surface area contributed by atoms with Crippen molar-refractivity contribution in [3.8, 4) is 5.75 Å². The van der Waals surface area contributed by atoms with Crippen molar-refractivity contribution in [1.29, 1.82) is 0 Å². The van der Waals surface area contributed by atoms with E-state index in [0.29, 0.717) is 43.7 Å². The number of carbonyl (C=O) groups excluding carboxylic acids is 3. The van der Waals surface area contributed by atoms with Gasteiger partial charge in [-0.3, -0.25) is 14.4 Å². The fourth-order valence-electron chi connectivity index (χ4n) is 9.15. The molecule has 3 amide bonds. The zero-order valence-corrected chi connectivity index (χ0v) is 30.8. The maximum atomic E-state index is 15.4. The molecule has 3 aromatic carbocycles. The molecule has 1 spiro atoms. The fraction of sp³-hybridized carbons (Fsp3) is 0.419. The van der Waals surface area contributed by atoms with Gasteiger partial charge in [-0.25, -0.2) is 0 Å². The van der Waals surface area contributed by atoms with Crippen molar-refractivity contribution >= 4 is 29.1 Å². The van der Waals surface area contributed by atoms with Crippen molar-refractivity contribution < 1.29 is 29.0 Å². The first-order valence-corrected chi connectivity index (χ1v) is 18.4. The zero-order valence-electron chi connectivity index (χ0n) is 30.8. The monoisotopic (exact) mass is 705 g/mol. The summed E-state index contributed by atoms with van der Waals surface area (Å²) in [5.74, 6) is -2.02. The largest absolute Gasteiger partial charge is 0.494 e. The van der Waals surface area contributed by atoms with Gasteiger partial charge >= 0.3 is 0 Å². The van der Waals surface area contributed by atoms with Gasteiger partial charge in [-0.15, -0.1) is 13.2 Å². The van der Waals surface area contributed by atoms with Gasteiger partial charge in [0.15, 0.2) is 0 Å². The molecule has 2 bridgehead atoms. The summed E-state index contributed by atoms with van der Waals surface area (Å²) < 4.78 is 12.8. The lowest BCUT2D eigenvalue weighted by Crippen LogP contribution is -2.59. The number of fused-ring (bicyclic) bond motifs is 1. The first-order chi connectivity index (χ1) is 25.1. The van der Waals surface area contributed by atoms with E-state index in [-0.39, 0.29) is 37.4 Å². The third-order valence-electron chi connectivity index (χ3n) is 11.4. The highest BCUT2D eigenvalue weighted by Gasteiger charge is 2.79. The van der Waals surface area contributed by atoms with Gasteiger partial charge in [0.25, 0.3) is 5.91 Å². The quantitative estimate of drug-likeness (QED) is 0.189. The number of rotatable bonds is 15. The van der Waals surface area contributed by atoms with Crippen LogP contribution in [0.2, 0.25) is 0 Å². The topological polar surface area (TPSA) is 99.6 Å². The number of aliphatic hydroxyl groups excluding tert-OH is 1. The number of amides is 3. The lowest BCUT2D eigenvalue weighted by Gasteiger charge is -2.40. The van der Waals surface area contributed by atoms with E-state index in [0.717, 1.165) is 22.4 Å². The summed E-state index contributed by atoms with van der Waals surface area (Å²) in [6, 6.07) is 21.0. The number of hydrogen-bond acceptors (Lipinski definition) is 6. The highest BCUT2D eigenvalue weighted by atomic mass is 16.5. The third kappa shape index (κ3) is 6.13. The Balaban J connectivity index is 1.49. The van der Waals surface area contributed by atoms with E-state index < -0.39 is 35.1 Å². The van der Waals surface area contributed by atoms with Gasteiger partial charge in [0.1, 0.15) is 17.4 Å². The van der Waals surface area contributed by atoms with Crippen LogP contribution in [0.25, 0.3) is 0 Å². The Kier molecular flexibility index (Phi) is 10.7. The van der Waals surface area contributed by atoms with Crippen LogP contribution in [-0.2, 0) is 25.5 Å². The Hall–Kier alpha value is -4.73. The number of carbonyl (C=O) groups is 3. The van der Waals surface area contributed by atoms with Crippen LogP contribution in [0.1, 0.15) is 49.8 Å². The molecule has 9 heteroatoms. The molecule has 6 rings (SSSR count). The predicted octanol–water partition coefficient (Wildman–Crippen LogP) is 6.20. The smallest absolute Gasteiger partial charge is 0.253 e. The molecule has 3 saturated heterocycles. The number of nitrogens with zero attached hydrogens (tertiary/aromatic N) is 3. The molecule has 274 valence electrons. The van der Waals surface area contributed by atoms with Gasteiger partial charge in [0.2, 0.25) is 11.8 Å². The minimum atomic E-state index is -1.29. The molecule has 0 aromatic heterocycles. The van der Waals surface area contributed by atoms with Gasteiger partial charge in [-0.05, 0) is 87.4 Å². The molecule has 2 unspecified atom stereocenters. The van der Waals surface area contributed by atoms with Gasteiger partial charge in [-0.1, -0.05) is 67.6 Å². The van der Waals surface area contributed by atoms with Crippen LogP contribution >= 0.6 is 0 Å². The van der Waals surface area contributed by atoms with Crippen LogP contribution in [0.3, 0.4) is 0 Å². The van der Waals surface area contributed by atoms with Crippen molar-refractivity contribution in [1.82, 2.24) is 4.90 Å². The number of likely N-dealkylation sites (tertiary alicyclic amines) is 1. The standard InChI is InChI=1S/C43H51N3O6/c1-7-25-44(32-19-21-34(22-20-32)51-10-4)39(48)35-36-40(49)46(33(28-47)27-31-17-12-11-13-18-31)38(43(36)24-23-42(35,9-3)52-43)41(50)45(26-8-2)37-29(5)15-14-16-30(37)6/h7-8,11-22,33,35-36,38,47H,1-2,9-10,23-28H2,3-6H3/t33-,35-,36+,38?,42+,43?/m1/s1. The molecule has 9 nitrogen and oxygen atoms in total. The summed E-state index contributed by atoms with van der Waals surface area (Å²) in [6.07, 6.45) is 5.11. The van der Waals surface area contributed by atoms with Crippen LogP contribution in [0.15, 0.2) is 98.1 Å². The first kappa shape index (κ1) is 37.0. The average molecular weight is 706 g/mol. The minimum Gasteiger partial charge on any atom is -0.494 e. The van der Waals surface area contributed by atoms with E-state index in [9.17, 15) is 5.11 Å². The summed E-state index contributed by atoms with van der Waals surface area (Å²) in [6.45, 7) is 16.3. The van der Waals surface area contributed by atoms with Crippen molar-refractivity contribution in [2.75, 3.05) is 36.1 Å². The van der Waals surface area contributed by atoms with E-state index in [1.54, 1.807) is 26.9 Å². The van der Waals surface area contributed by atoms with Gasteiger partial charge in [0, 0.05) is 24.5 Å². The van der Waals surface area contributed by atoms with Crippen molar-refractivity contribution in [2.45, 2.75) is 76.7 Å². The van der Waals surface area contributed by atoms with Crippen molar-refractivity contribution in [3.05, 3.63) is 115 Å². The number of benzene rings is 3. The molecule has 52 heavy (non-hydrogen) atoms. The highest BCUT2D eigenvalue weighted by Crippen LogP contribution is 2.65. The second-order valence-electron chi connectivity index (χ2n) is 14.2. The Bertz CT molecular complexity index is 1790. The lowest BCUT2D eigenvalue weighted by atomic mass is 9.64. The molecule has 0 saturated carbocycles. The Morgan fingerprint density at radius 1 is 0.942 bits per heavy atom. The maximum Gasteiger partial charge on any atom is 0.253 e. The van der Waals surface area contributed by atoms with Crippen LogP contribution in [0, 0.1) is 25.7 Å². The van der Waals surface area contributed by atoms with Gasteiger partial charge in [0.05, 0.1) is 36.7 Å². The van der Waals surface area contributed by atoms with Crippen molar-refractivity contribution in [2.24, 2.45) is 11.8 Å². The molecule has 1 N–H and O–H groups in total. The number of para-hydroxylation sites is 1. The van der Waals surface area contributed by atoms with Gasteiger partial charge < -0.3 is 29.3 Å². The molecular weight excluding hydrogens is 654 g/mol. The van der Waals surface area contributed by atoms with E-state index in [2.05, 4.69) is 13.2 Å². The molecule has 3 heterocycles. The SMILES string of the molecule is C=CCN(C(=O)[C@H]1[C@H]2C(=O)N([C@@H](CO)Cc3ccccc3)C(C(=O)N(CC=C)c3c(C)cccc3C)C23CC[C@]1(CC)O3)c1ccc(OCC)cc1. The van der Waals surface area contributed by atoms with E-state index >= 15 is 14.4 Å². The van der Waals surface area contributed by atoms with Gasteiger partial charge in [-0.2, -0.15) is 0 Å². The summed E-state index contributed by atoms with van der Waals surface area (Å²) in [7, 11) is 0. The Morgan fingerprint density at radius 3 is 2.19 bits per heavy atom. The van der Waals surface area contributed by atoms with E-state index in [1.165, 1.54) is 0 Å². The number of hydrogen-bond donors (Lipinski definition) is 1. The molecule has 3 aromatic rings. The van der Waals surface area contributed by atoms with Crippen molar-refractivity contribution in [3.63, 3.8) is 0 Å². The maximum absolute atomic E-state index is 15.4. The van der Waals surface area contributed by atoms with E-state index in [1.807, 2.05) is 100 Å². The zero-order chi connectivity index (χ0) is 37.2. The molecule has 6 atom stereocenters. The van der Waals surface area contributed by atoms with Crippen LogP contribution in [0.5, 0.6) is 5.75 Å². The fourth-order valence-corrected chi connectivity index (χ4v) is 9.15. The summed E-state index contributed by atoms with van der Waals surface area (Å²) in [4.78, 5) is 50.7. The average Bonchev–Trinajstić information content (AvgIpc) is 3.76. The molecular formula is C43H51N3O6. The summed E-state index contributed by atoms with van der Waals surface area (Å²) >= 11 is 0. The first-order valence-electron chi connectivity index (χ1n) is 18.4. The Labute approximate surface area is 307 Å². The summed E-state index contributed by atoms with van der Waals surface area (Å²) in [5.41, 5.74) is 1.90. The van der Waals surface area contributed by atoms with Crippen LogP contribution < -0.4 is 14.5 Å². The summed E-state index contributed by atoms with van der Waals surface area (Å²) in [5, 5.41) is 11.0. The van der Waals surface area contributed by atoms with Crippen LogP contribution in [0.4, 0.5) is 11.4 Å².